The van der Waals surface area contributed by atoms with E-state index in [2.05, 4.69) is 20.4 Å². The number of likely N-dealkylation sites (tertiary alicyclic amines) is 1. The number of benzene rings is 1. The number of aromatic nitrogens is 2. The van der Waals surface area contributed by atoms with Crippen molar-refractivity contribution in [1.82, 2.24) is 15.1 Å². The monoisotopic (exact) mass is 354 g/mol. The molecular weight excluding hydrogens is 328 g/mol. The second-order valence-corrected chi connectivity index (χ2v) is 7.34. The van der Waals surface area contributed by atoms with Crippen LogP contribution < -0.4 is 5.32 Å². The highest BCUT2D eigenvalue weighted by atomic mass is 16.5. The SMILES string of the molecule is O=C(Nc1cccc(-c2ccn[nH]2)c1)C1CCN(C[C@@H]2CCOC2)CC1. The predicted octanol–water partition coefficient (Wildman–Crippen LogP) is 2.76. The maximum absolute atomic E-state index is 12.6. The summed E-state index contributed by atoms with van der Waals surface area (Å²) in [6.45, 7) is 4.92. The normalized spacial score (nSPS) is 21.8. The van der Waals surface area contributed by atoms with E-state index in [0.29, 0.717) is 5.92 Å². The van der Waals surface area contributed by atoms with Gasteiger partial charge in [-0.05, 0) is 56.5 Å². The predicted molar refractivity (Wildman–Crippen MR) is 101 cm³/mol. The summed E-state index contributed by atoms with van der Waals surface area (Å²) >= 11 is 0. The summed E-state index contributed by atoms with van der Waals surface area (Å²) in [5.41, 5.74) is 2.81. The maximum Gasteiger partial charge on any atom is 0.227 e. The van der Waals surface area contributed by atoms with Gasteiger partial charge in [-0.2, -0.15) is 5.10 Å². The van der Waals surface area contributed by atoms with Gasteiger partial charge in [0.2, 0.25) is 5.91 Å². The molecule has 1 aromatic carbocycles. The van der Waals surface area contributed by atoms with Gasteiger partial charge in [-0.3, -0.25) is 9.89 Å². The number of amides is 1. The standard InChI is InChI=1S/C20H26N4O2/c25-20(16-5-9-24(10-6-16)13-15-7-11-26-14-15)22-18-3-1-2-17(12-18)19-4-8-21-23-19/h1-4,8,12,15-16H,5-7,9-11,13-14H2,(H,21,23)(H,22,25)/t15-/m0/s1. The van der Waals surface area contributed by atoms with Gasteiger partial charge in [-0.25, -0.2) is 0 Å². The number of hydrogen-bond acceptors (Lipinski definition) is 4. The van der Waals surface area contributed by atoms with Crippen LogP contribution in [-0.2, 0) is 9.53 Å². The van der Waals surface area contributed by atoms with Crippen LogP contribution in [0.1, 0.15) is 19.3 Å². The van der Waals surface area contributed by atoms with Crippen LogP contribution >= 0.6 is 0 Å². The number of aromatic amines is 1. The summed E-state index contributed by atoms with van der Waals surface area (Å²) in [7, 11) is 0. The van der Waals surface area contributed by atoms with Gasteiger partial charge in [0, 0.05) is 36.5 Å². The molecule has 2 fully saturated rings. The molecule has 1 atom stereocenters. The molecule has 3 heterocycles. The molecule has 2 N–H and O–H groups in total. The summed E-state index contributed by atoms with van der Waals surface area (Å²) in [5, 5.41) is 10.0. The molecule has 26 heavy (non-hydrogen) atoms. The average Bonchev–Trinajstić information content (AvgIpc) is 3.37. The van der Waals surface area contributed by atoms with Crippen molar-refractivity contribution in [2.45, 2.75) is 19.3 Å². The highest BCUT2D eigenvalue weighted by Crippen LogP contribution is 2.24. The van der Waals surface area contributed by atoms with E-state index >= 15 is 0 Å². The average molecular weight is 354 g/mol. The van der Waals surface area contributed by atoms with Gasteiger partial charge in [-0.1, -0.05) is 12.1 Å². The number of anilines is 1. The number of nitrogens with zero attached hydrogens (tertiary/aromatic N) is 2. The van der Waals surface area contributed by atoms with Crippen LogP contribution in [0.2, 0.25) is 0 Å². The third-order valence-electron chi connectivity index (χ3n) is 5.44. The lowest BCUT2D eigenvalue weighted by molar-refractivity contribution is -0.121. The Morgan fingerprint density at radius 3 is 2.88 bits per heavy atom. The first kappa shape index (κ1) is 17.2. The first-order chi connectivity index (χ1) is 12.8. The molecule has 6 nitrogen and oxygen atoms in total. The van der Waals surface area contributed by atoms with E-state index in [1.165, 1.54) is 6.42 Å². The van der Waals surface area contributed by atoms with Crippen molar-refractivity contribution < 1.29 is 9.53 Å². The number of carbonyl (C=O) groups is 1. The molecule has 1 amide bonds. The first-order valence-electron chi connectivity index (χ1n) is 9.49. The molecule has 2 saturated heterocycles. The fourth-order valence-corrected chi connectivity index (χ4v) is 3.90. The Kier molecular flexibility index (Phi) is 5.32. The summed E-state index contributed by atoms with van der Waals surface area (Å²) < 4.78 is 5.46. The minimum absolute atomic E-state index is 0.0990. The van der Waals surface area contributed by atoms with Crippen molar-refractivity contribution in [1.29, 1.82) is 0 Å². The number of rotatable bonds is 5. The third kappa shape index (κ3) is 4.14. The van der Waals surface area contributed by atoms with Crippen molar-refractivity contribution in [3.63, 3.8) is 0 Å². The summed E-state index contributed by atoms with van der Waals surface area (Å²) in [4.78, 5) is 15.1. The Labute approximate surface area is 153 Å². The van der Waals surface area contributed by atoms with Crippen molar-refractivity contribution in [3.8, 4) is 11.3 Å². The van der Waals surface area contributed by atoms with Gasteiger partial charge >= 0.3 is 0 Å². The van der Waals surface area contributed by atoms with Crippen LogP contribution in [-0.4, -0.2) is 53.9 Å². The van der Waals surface area contributed by atoms with Crippen molar-refractivity contribution in [2.75, 3.05) is 38.2 Å². The van der Waals surface area contributed by atoms with Crippen molar-refractivity contribution in [3.05, 3.63) is 36.5 Å². The molecule has 0 radical (unpaired) electrons. The summed E-state index contributed by atoms with van der Waals surface area (Å²) in [6.07, 6.45) is 4.76. The summed E-state index contributed by atoms with van der Waals surface area (Å²) in [5.74, 6) is 0.906. The number of H-pyrrole nitrogens is 1. The smallest absolute Gasteiger partial charge is 0.227 e. The number of ether oxygens (including phenoxy) is 1. The fraction of sp³-hybridized carbons (Fsp3) is 0.500. The Hall–Kier alpha value is -2.18. The van der Waals surface area contributed by atoms with E-state index in [-0.39, 0.29) is 11.8 Å². The molecule has 2 aromatic rings. The van der Waals surface area contributed by atoms with Crippen LogP contribution in [0, 0.1) is 11.8 Å². The van der Waals surface area contributed by atoms with Crippen LogP contribution in [0.4, 0.5) is 5.69 Å². The number of hydrogen-bond donors (Lipinski definition) is 2. The zero-order valence-electron chi connectivity index (χ0n) is 15.0. The summed E-state index contributed by atoms with van der Waals surface area (Å²) in [6, 6.07) is 9.81. The van der Waals surface area contributed by atoms with Gasteiger partial charge < -0.3 is 15.0 Å². The van der Waals surface area contributed by atoms with Gasteiger partial charge in [0.15, 0.2) is 0 Å². The molecule has 0 bridgehead atoms. The molecule has 0 aliphatic carbocycles. The lowest BCUT2D eigenvalue weighted by Crippen LogP contribution is -2.40. The van der Waals surface area contributed by atoms with Crippen LogP contribution in [0.3, 0.4) is 0 Å². The highest BCUT2D eigenvalue weighted by Gasteiger charge is 2.27. The molecule has 2 aliphatic rings. The number of nitrogens with one attached hydrogen (secondary N) is 2. The van der Waals surface area contributed by atoms with Gasteiger partial charge in [-0.15, -0.1) is 0 Å². The molecule has 6 heteroatoms. The second kappa shape index (κ2) is 8.01. The Bertz CT molecular complexity index is 717. The van der Waals surface area contributed by atoms with E-state index in [4.69, 9.17) is 4.74 Å². The zero-order chi connectivity index (χ0) is 17.8. The third-order valence-corrected chi connectivity index (χ3v) is 5.44. The second-order valence-electron chi connectivity index (χ2n) is 7.34. The first-order valence-corrected chi connectivity index (χ1v) is 9.49. The van der Waals surface area contributed by atoms with Crippen molar-refractivity contribution in [2.24, 2.45) is 11.8 Å². The highest BCUT2D eigenvalue weighted by molar-refractivity contribution is 5.93. The van der Waals surface area contributed by atoms with E-state index in [0.717, 1.165) is 62.6 Å². The Morgan fingerprint density at radius 1 is 1.27 bits per heavy atom. The fourth-order valence-electron chi connectivity index (χ4n) is 3.90. The molecule has 4 rings (SSSR count). The molecule has 138 valence electrons. The van der Waals surface area contributed by atoms with Gasteiger partial charge in [0.05, 0.1) is 12.3 Å². The van der Waals surface area contributed by atoms with Gasteiger partial charge in [0.25, 0.3) is 0 Å². The van der Waals surface area contributed by atoms with Crippen molar-refractivity contribution >= 4 is 11.6 Å². The lowest BCUT2D eigenvalue weighted by Gasteiger charge is -2.32. The molecule has 2 aliphatic heterocycles. The topological polar surface area (TPSA) is 70.2 Å². The molecule has 0 unspecified atom stereocenters. The molecule has 0 saturated carbocycles. The van der Waals surface area contributed by atoms with Crippen LogP contribution in [0.15, 0.2) is 36.5 Å². The largest absolute Gasteiger partial charge is 0.381 e. The zero-order valence-corrected chi connectivity index (χ0v) is 15.0. The van der Waals surface area contributed by atoms with Crippen LogP contribution in [0.25, 0.3) is 11.3 Å². The number of carbonyl (C=O) groups excluding carboxylic acids is 1. The van der Waals surface area contributed by atoms with E-state index in [9.17, 15) is 4.79 Å². The van der Waals surface area contributed by atoms with Gasteiger partial charge in [0.1, 0.15) is 0 Å². The van der Waals surface area contributed by atoms with Crippen LogP contribution in [0.5, 0.6) is 0 Å². The Balaban J connectivity index is 1.29. The van der Waals surface area contributed by atoms with E-state index in [1.807, 2.05) is 30.3 Å². The Morgan fingerprint density at radius 2 is 2.15 bits per heavy atom. The maximum atomic E-state index is 12.6. The molecular formula is C20H26N4O2. The number of piperidine rings is 1. The van der Waals surface area contributed by atoms with E-state index < -0.39 is 0 Å². The van der Waals surface area contributed by atoms with E-state index in [1.54, 1.807) is 6.20 Å². The lowest BCUT2D eigenvalue weighted by atomic mass is 9.94. The molecule has 0 spiro atoms. The minimum Gasteiger partial charge on any atom is -0.381 e. The quantitative estimate of drug-likeness (QED) is 0.866. The molecule has 1 aromatic heterocycles. The minimum atomic E-state index is 0.0990.